The number of halogens is 2. The number of aryl methyl sites for hydroxylation is 1. The molecule has 0 unspecified atom stereocenters. The summed E-state index contributed by atoms with van der Waals surface area (Å²) < 4.78 is 61.8. The van der Waals surface area contributed by atoms with Crippen molar-refractivity contribution in [3.63, 3.8) is 0 Å². The van der Waals surface area contributed by atoms with Crippen molar-refractivity contribution in [2.75, 3.05) is 61.1 Å². The zero-order chi connectivity index (χ0) is 29.5. The first-order valence-electron chi connectivity index (χ1n) is 14.7. The second-order valence-corrected chi connectivity index (χ2v) is 13.6. The molecule has 3 fully saturated rings. The van der Waals surface area contributed by atoms with E-state index in [1.165, 1.54) is 31.0 Å². The summed E-state index contributed by atoms with van der Waals surface area (Å²) in [5.41, 5.74) is 2.09. The number of fused-ring (bicyclic) bond motifs is 1. The number of amides is 1. The Bertz CT molecular complexity index is 1450. The average molecular weight is 606 g/mol. The molecule has 1 aromatic heterocycles. The topological polar surface area (TPSA) is 124 Å². The molecule has 1 aliphatic carbocycles. The number of piperidine rings is 2. The molecular weight excluding hydrogens is 568 g/mol. The molecule has 3 aliphatic heterocycles. The van der Waals surface area contributed by atoms with E-state index in [-0.39, 0.29) is 44.0 Å². The highest BCUT2D eigenvalue weighted by Gasteiger charge is 2.45. The van der Waals surface area contributed by atoms with Crippen LogP contribution >= 0.6 is 0 Å². The van der Waals surface area contributed by atoms with E-state index in [1.807, 2.05) is 0 Å². The van der Waals surface area contributed by atoms with Crippen molar-refractivity contribution in [2.45, 2.75) is 62.2 Å². The van der Waals surface area contributed by atoms with Gasteiger partial charge in [0.05, 0.1) is 29.4 Å². The molecule has 6 rings (SSSR count). The number of carbonyl (C=O) groups is 1. The van der Waals surface area contributed by atoms with Gasteiger partial charge >= 0.3 is 0 Å². The third-order valence-corrected chi connectivity index (χ3v) is 10.4. The fourth-order valence-corrected chi connectivity index (χ4v) is 7.19. The van der Waals surface area contributed by atoms with Gasteiger partial charge in [-0.2, -0.15) is 0 Å². The molecule has 3 N–H and O–H groups in total. The Kier molecular flexibility index (Phi) is 7.77. The van der Waals surface area contributed by atoms with Gasteiger partial charge in [0.2, 0.25) is 10.0 Å². The standard InChI is InChI=1S/C29H37F2N5O5S/c30-29(31)9-14-36(15-10-29)26-25-20(2-1-17-41-25)18-24(33-26)34-27(38)22-4-3-21(42(39,40)32-11-16-37)19-23(22)35-12-7-28(5-6-28)8-13-35/h3-4,18-19,32,37H,1-2,5-17H2,(H,33,34,38). The van der Waals surface area contributed by atoms with Gasteiger partial charge in [0.25, 0.3) is 11.8 Å². The molecule has 10 nitrogen and oxygen atoms in total. The predicted molar refractivity (Wildman–Crippen MR) is 154 cm³/mol. The highest BCUT2D eigenvalue weighted by molar-refractivity contribution is 7.89. The second-order valence-electron chi connectivity index (χ2n) is 11.9. The first kappa shape index (κ1) is 29.1. The molecule has 1 amide bonds. The molecule has 1 spiro atoms. The Hall–Kier alpha value is -3.03. The summed E-state index contributed by atoms with van der Waals surface area (Å²) >= 11 is 0. The van der Waals surface area contributed by atoms with Crippen LogP contribution in [0.2, 0.25) is 0 Å². The lowest BCUT2D eigenvalue weighted by Gasteiger charge is -2.35. The number of benzene rings is 1. The number of anilines is 3. The molecule has 0 bridgehead atoms. The zero-order valence-electron chi connectivity index (χ0n) is 23.5. The molecule has 0 atom stereocenters. The summed E-state index contributed by atoms with van der Waals surface area (Å²) in [4.78, 5) is 22.3. The van der Waals surface area contributed by atoms with Gasteiger partial charge < -0.3 is 25.0 Å². The smallest absolute Gasteiger partial charge is 0.258 e. The third-order valence-electron chi connectivity index (χ3n) is 8.95. The van der Waals surface area contributed by atoms with Gasteiger partial charge in [-0.15, -0.1) is 0 Å². The number of aromatic nitrogens is 1. The maximum Gasteiger partial charge on any atom is 0.258 e. The highest BCUT2D eigenvalue weighted by atomic mass is 32.2. The summed E-state index contributed by atoms with van der Waals surface area (Å²) in [5.74, 6) is -1.82. The van der Waals surface area contributed by atoms with Crippen LogP contribution in [0.5, 0.6) is 5.75 Å². The molecule has 4 heterocycles. The fourth-order valence-electron chi connectivity index (χ4n) is 6.15. The Morgan fingerprint density at radius 1 is 1.02 bits per heavy atom. The molecule has 2 saturated heterocycles. The Morgan fingerprint density at radius 3 is 2.43 bits per heavy atom. The summed E-state index contributed by atoms with van der Waals surface area (Å²) in [6, 6.07) is 6.18. The number of ether oxygens (including phenoxy) is 1. The van der Waals surface area contributed by atoms with Gasteiger partial charge in [0.15, 0.2) is 11.6 Å². The van der Waals surface area contributed by atoms with E-state index < -0.39 is 21.9 Å². The molecular formula is C29H37F2N5O5S. The van der Waals surface area contributed by atoms with Crippen molar-refractivity contribution in [1.29, 1.82) is 0 Å². The van der Waals surface area contributed by atoms with E-state index in [0.29, 0.717) is 60.2 Å². The van der Waals surface area contributed by atoms with E-state index in [2.05, 4.69) is 19.9 Å². The first-order valence-corrected chi connectivity index (χ1v) is 16.2. The van der Waals surface area contributed by atoms with Crippen LogP contribution in [0.3, 0.4) is 0 Å². The summed E-state index contributed by atoms with van der Waals surface area (Å²) in [7, 11) is -3.89. The van der Waals surface area contributed by atoms with Crippen molar-refractivity contribution in [3.8, 4) is 5.75 Å². The lowest BCUT2D eigenvalue weighted by Crippen LogP contribution is -2.40. The molecule has 13 heteroatoms. The lowest BCUT2D eigenvalue weighted by molar-refractivity contribution is -0.0222. The minimum atomic E-state index is -3.89. The first-order chi connectivity index (χ1) is 20.1. The maximum absolute atomic E-state index is 13.9. The van der Waals surface area contributed by atoms with Crippen LogP contribution in [0.15, 0.2) is 29.2 Å². The predicted octanol–water partition coefficient (Wildman–Crippen LogP) is 3.55. The van der Waals surface area contributed by atoms with E-state index in [4.69, 9.17) is 9.84 Å². The number of carbonyl (C=O) groups excluding carboxylic acids is 1. The van der Waals surface area contributed by atoms with Crippen molar-refractivity contribution in [2.24, 2.45) is 5.41 Å². The number of sulfonamides is 1. The number of hydrogen-bond acceptors (Lipinski definition) is 8. The normalized spacial score (nSPS) is 21.0. The van der Waals surface area contributed by atoms with E-state index in [0.717, 1.165) is 24.8 Å². The molecule has 1 saturated carbocycles. The van der Waals surface area contributed by atoms with Crippen molar-refractivity contribution < 1.29 is 31.8 Å². The van der Waals surface area contributed by atoms with E-state index in [9.17, 15) is 22.0 Å². The Balaban J connectivity index is 1.30. The maximum atomic E-state index is 13.9. The molecule has 228 valence electrons. The Labute approximate surface area is 244 Å². The molecule has 4 aliphatic rings. The number of alkyl halides is 2. The van der Waals surface area contributed by atoms with Gasteiger partial charge in [-0.1, -0.05) is 0 Å². The van der Waals surface area contributed by atoms with Crippen LogP contribution in [-0.2, 0) is 16.4 Å². The van der Waals surface area contributed by atoms with Gasteiger partial charge in [0.1, 0.15) is 5.82 Å². The average Bonchev–Trinajstić information content (AvgIpc) is 3.74. The van der Waals surface area contributed by atoms with Crippen LogP contribution in [-0.4, -0.2) is 76.3 Å². The lowest BCUT2D eigenvalue weighted by atomic mass is 9.93. The number of aliphatic hydroxyl groups excluding tert-OH is 1. The van der Waals surface area contributed by atoms with Crippen LogP contribution in [0.4, 0.5) is 26.1 Å². The number of pyridine rings is 1. The number of nitrogens with one attached hydrogen (secondary N) is 2. The van der Waals surface area contributed by atoms with Gasteiger partial charge in [-0.3, -0.25) is 4.79 Å². The quantitative estimate of drug-likeness (QED) is 0.418. The van der Waals surface area contributed by atoms with Gasteiger partial charge in [-0.25, -0.2) is 26.9 Å². The van der Waals surface area contributed by atoms with Gasteiger partial charge in [-0.05, 0) is 68.2 Å². The van der Waals surface area contributed by atoms with Crippen LogP contribution in [0, 0.1) is 5.41 Å². The number of aliphatic hydroxyl groups is 1. The SMILES string of the molecule is O=C(Nc1cc2c(c(N3CCC(F)(F)CC3)n1)OCCC2)c1ccc(S(=O)(=O)NCCO)cc1N1CCC2(CC1)CC2. The van der Waals surface area contributed by atoms with E-state index in [1.54, 1.807) is 11.0 Å². The van der Waals surface area contributed by atoms with Gasteiger partial charge in [0, 0.05) is 51.1 Å². The van der Waals surface area contributed by atoms with Crippen molar-refractivity contribution >= 4 is 33.3 Å². The van der Waals surface area contributed by atoms with Crippen molar-refractivity contribution in [1.82, 2.24) is 9.71 Å². The second kappa shape index (κ2) is 11.2. The largest absolute Gasteiger partial charge is 0.489 e. The summed E-state index contributed by atoms with van der Waals surface area (Å²) in [5, 5.41) is 12.0. The van der Waals surface area contributed by atoms with Crippen LogP contribution < -0.4 is 24.6 Å². The zero-order valence-corrected chi connectivity index (χ0v) is 24.3. The highest BCUT2D eigenvalue weighted by Crippen LogP contribution is 2.54. The monoisotopic (exact) mass is 605 g/mol. The number of hydrogen-bond donors (Lipinski definition) is 3. The fraction of sp³-hybridized carbons (Fsp3) is 0.586. The minimum Gasteiger partial charge on any atom is -0.489 e. The summed E-state index contributed by atoms with van der Waals surface area (Å²) in [6.45, 7) is 1.76. The summed E-state index contributed by atoms with van der Waals surface area (Å²) in [6.07, 6.45) is 5.34. The molecule has 0 radical (unpaired) electrons. The Morgan fingerprint density at radius 2 is 1.74 bits per heavy atom. The molecule has 2 aromatic rings. The molecule has 42 heavy (non-hydrogen) atoms. The van der Waals surface area contributed by atoms with Crippen LogP contribution in [0.25, 0.3) is 0 Å². The number of nitrogens with zero attached hydrogens (tertiary/aromatic N) is 3. The molecule has 1 aromatic carbocycles. The number of rotatable bonds is 8. The third kappa shape index (κ3) is 6.04. The minimum absolute atomic E-state index is 0.0162. The van der Waals surface area contributed by atoms with Crippen LogP contribution in [0.1, 0.15) is 60.9 Å². The van der Waals surface area contributed by atoms with Crippen molar-refractivity contribution in [3.05, 3.63) is 35.4 Å². The van der Waals surface area contributed by atoms with E-state index >= 15 is 0 Å².